The van der Waals surface area contributed by atoms with Gasteiger partial charge in [-0.3, -0.25) is 9.79 Å². The Labute approximate surface area is 95.4 Å². The second-order valence-corrected chi connectivity index (χ2v) is 4.65. The van der Waals surface area contributed by atoms with Crippen LogP contribution in [0.4, 0.5) is 0 Å². The summed E-state index contributed by atoms with van der Waals surface area (Å²) in [4.78, 5) is 16.7. The van der Waals surface area contributed by atoms with Crippen LogP contribution in [0.1, 0.15) is 39.0 Å². The van der Waals surface area contributed by atoms with Gasteiger partial charge in [-0.25, -0.2) is 0 Å². The summed E-state index contributed by atoms with van der Waals surface area (Å²) >= 11 is 5.71. The van der Waals surface area contributed by atoms with E-state index >= 15 is 0 Å². The average molecular weight is 226 g/mol. The minimum Gasteiger partial charge on any atom is -0.294 e. The lowest BCUT2D eigenvalue weighted by Crippen LogP contribution is -2.32. The van der Waals surface area contributed by atoms with E-state index in [1.54, 1.807) is 0 Å². The monoisotopic (exact) mass is 225 g/mol. The van der Waals surface area contributed by atoms with Crippen molar-refractivity contribution in [1.29, 1.82) is 0 Å². The van der Waals surface area contributed by atoms with Gasteiger partial charge < -0.3 is 0 Å². The van der Waals surface area contributed by atoms with Gasteiger partial charge in [0.2, 0.25) is 0 Å². The third kappa shape index (κ3) is 2.00. The molecule has 0 spiro atoms. The first-order valence-corrected chi connectivity index (χ1v) is 6.15. The van der Waals surface area contributed by atoms with Crippen LogP contribution in [0.2, 0.25) is 0 Å². The molecule has 0 saturated heterocycles. The summed E-state index contributed by atoms with van der Waals surface area (Å²) in [6.45, 7) is 1.93. The highest BCUT2D eigenvalue weighted by molar-refractivity contribution is 6.19. The molecule has 2 nitrogen and oxygen atoms in total. The number of Topliss-reactive ketones (excluding diaryl/α,β-unsaturated/α-hetero) is 1. The minimum atomic E-state index is 0.0840. The van der Waals surface area contributed by atoms with Crippen molar-refractivity contribution < 1.29 is 4.79 Å². The highest BCUT2D eigenvalue weighted by Crippen LogP contribution is 2.31. The number of ketones is 1. The summed E-state index contributed by atoms with van der Waals surface area (Å²) in [6.07, 6.45) is 4.99. The van der Waals surface area contributed by atoms with Crippen molar-refractivity contribution in [2.75, 3.05) is 5.88 Å². The van der Waals surface area contributed by atoms with Gasteiger partial charge in [-0.1, -0.05) is 6.42 Å². The molecule has 1 heterocycles. The minimum absolute atomic E-state index is 0.0840. The number of halogens is 1. The van der Waals surface area contributed by atoms with Gasteiger partial charge in [0.25, 0.3) is 0 Å². The molecular weight excluding hydrogens is 210 g/mol. The predicted molar refractivity (Wildman–Crippen MR) is 62.4 cm³/mol. The van der Waals surface area contributed by atoms with Crippen molar-refractivity contribution >= 4 is 23.1 Å². The molecule has 0 aromatic rings. The van der Waals surface area contributed by atoms with Crippen molar-refractivity contribution in [2.45, 2.75) is 39.0 Å². The Morgan fingerprint density at radius 1 is 1.47 bits per heavy atom. The van der Waals surface area contributed by atoms with Crippen LogP contribution in [0.25, 0.3) is 0 Å². The third-order valence-electron chi connectivity index (χ3n) is 3.28. The van der Waals surface area contributed by atoms with Crippen LogP contribution in [0.3, 0.4) is 0 Å². The number of hydrogen-bond acceptors (Lipinski definition) is 2. The number of carbonyl (C=O) groups is 1. The van der Waals surface area contributed by atoms with Gasteiger partial charge in [-0.2, -0.15) is 0 Å². The van der Waals surface area contributed by atoms with E-state index in [-0.39, 0.29) is 11.7 Å². The highest BCUT2D eigenvalue weighted by Gasteiger charge is 2.32. The van der Waals surface area contributed by atoms with Crippen molar-refractivity contribution in [3.05, 3.63) is 11.3 Å². The number of carbonyl (C=O) groups excluding carboxylic acids is 1. The number of alkyl halides is 1. The molecule has 1 fully saturated rings. The Balaban J connectivity index is 2.30. The van der Waals surface area contributed by atoms with Crippen molar-refractivity contribution in [3.63, 3.8) is 0 Å². The first-order chi connectivity index (χ1) is 7.24. The summed E-state index contributed by atoms with van der Waals surface area (Å²) < 4.78 is 0. The van der Waals surface area contributed by atoms with Crippen LogP contribution < -0.4 is 0 Å². The zero-order chi connectivity index (χ0) is 10.8. The first kappa shape index (κ1) is 10.9. The Bertz CT molecular complexity index is 344. The van der Waals surface area contributed by atoms with Crippen molar-refractivity contribution in [1.82, 2.24) is 0 Å². The Morgan fingerprint density at radius 3 is 3.00 bits per heavy atom. The van der Waals surface area contributed by atoms with Crippen LogP contribution in [0.5, 0.6) is 0 Å². The van der Waals surface area contributed by atoms with Crippen LogP contribution in [-0.2, 0) is 4.79 Å². The number of rotatable bonds is 2. The van der Waals surface area contributed by atoms with Gasteiger partial charge in [0.15, 0.2) is 5.78 Å². The molecule has 82 valence electrons. The van der Waals surface area contributed by atoms with Gasteiger partial charge >= 0.3 is 0 Å². The molecule has 3 heteroatoms. The molecule has 0 radical (unpaired) electrons. The molecule has 1 atom stereocenters. The maximum absolute atomic E-state index is 12.2. The van der Waals surface area contributed by atoms with Gasteiger partial charge in [-0.15, -0.1) is 11.6 Å². The normalized spacial score (nSPS) is 26.4. The molecule has 1 aliphatic heterocycles. The van der Waals surface area contributed by atoms with Crippen molar-refractivity contribution in [3.8, 4) is 0 Å². The zero-order valence-corrected chi connectivity index (χ0v) is 9.81. The maximum Gasteiger partial charge on any atom is 0.169 e. The number of nitrogens with zero attached hydrogens (tertiary/aromatic N) is 1. The maximum atomic E-state index is 12.2. The lowest BCUT2D eigenvalue weighted by atomic mass is 9.79. The molecule has 0 amide bonds. The fraction of sp³-hybridized carbons (Fsp3) is 0.667. The van der Waals surface area contributed by atoms with Crippen molar-refractivity contribution in [2.24, 2.45) is 10.9 Å². The fourth-order valence-corrected chi connectivity index (χ4v) is 2.67. The molecule has 1 aliphatic carbocycles. The Morgan fingerprint density at radius 2 is 2.27 bits per heavy atom. The molecule has 1 unspecified atom stereocenters. The molecular formula is C12H16ClNO. The molecule has 0 aromatic heterocycles. The molecule has 0 aromatic carbocycles. The zero-order valence-electron chi connectivity index (χ0n) is 9.05. The van der Waals surface area contributed by atoms with E-state index in [1.807, 2.05) is 6.92 Å². The SMILES string of the molecule is CC1=C(CCCl)C(=O)C2CCCCC2=N1. The van der Waals surface area contributed by atoms with E-state index in [4.69, 9.17) is 11.6 Å². The summed E-state index contributed by atoms with van der Waals surface area (Å²) in [5, 5.41) is 0. The predicted octanol–water partition coefficient (Wildman–Crippen LogP) is 3.10. The molecule has 15 heavy (non-hydrogen) atoms. The van der Waals surface area contributed by atoms with Gasteiger partial charge in [0.1, 0.15) is 0 Å². The van der Waals surface area contributed by atoms with E-state index < -0.39 is 0 Å². The molecule has 0 bridgehead atoms. The molecule has 0 N–H and O–H groups in total. The number of allylic oxidation sites excluding steroid dienone is 2. The van der Waals surface area contributed by atoms with Gasteiger partial charge in [0.05, 0.1) is 5.92 Å². The molecule has 2 rings (SSSR count). The summed E-state index contributed by atoms with van der Waals surface area (Å²) in [5.74, 6) is 0.884. The lowest BCUT2D eigenvalue weighted by Gasteiger charge is -2.28. The molecule has 1 saturated carbocycles. The number of hydrogen-bond donors (Lipinski definition) is 0. The topological polar surface area (TPSA) is 29.4 Å². The smallest absolute Gasteiger partial charge is 0.169 e. The van der Waals surface area contributed by atoms with E-state index in [0.717, 1.165) is 36.2 Å². The number of aliphatic imine (C=N–C) groups is 1. The number of fused-ring (bicyclic) bond motifs is 1. The average Bonchev–Trinajstić information content (AvgIpc) is 2.24. The second-order valence-electron chi connectivity index (χ2n) is 4.27. The van der Waals surface area contributed by atoms with E-state index in [9.17, 15) is 4.79 Å². The Hall–Kier alpha value is -0.630. The quantitative estimate of drug-likeness (QED) is 0.664. The lowest BCUT2D eigenvalue weighted by molar-refractivity contribution is -0.118. The van der Waals surface area contributed by atoms with E-state index in [1.165, 1.54) is 6.42 Å². The highest BCUT2D eigenvalue weighted by atomic mass is 35.5. The largest absolute Gasteiger partial charge is 0.294 e. The summed E-state index contributed by atoms with van der Waals surface area (Å²) in [5.41, 5.74) is 2.87. The van der Waals surface area contributed by atoms with Crippen LogP contribution in [-0.4, -0.2) is 17.4 Å². The Kier molecular flexibility index (Phi) is 3.25. The van der Waals surface area contributed by atoms with Crippen LogP contribution >= 0.6 is 11.6 Å². The summed E-state index contributed by atoms with van der Waals surface area (Å²) in [7, 11) is 0. The standard InChI is InChI=1S/C12H16ClNO/c1-8-9(6-7-13)12(15)10-4-2-3-5-11(10)14-8/h10H,2-7H2,1H3. The van der Waals surface area contributed by atoms with E-state index in [2.05, 4.69) is 4.99 Å². The first-order valence-electron chi connectivity index (χ1n) is 5.61. The second kappa shape index (κ2) is 4.48. The van der Waals surface area contributed by atoms with Crippen LogP contribution in [0.15, 0.2) is 16.3 Å². The van der Waals surface area contributed by atoms with Crippen LogP contribution in [0, 0.1) is 5.92 Å². The summed E-state index contributed by atoms with van der Waals surface area (Å²) in [6, 6.07) is 0. The fourth-order valence-electron chi connectivity index (χ4n) is 2.48. The molecule has 2 aliphatic rings. The van der Waals surface area contributed by atoms with Gasteiger partial charge in [-0.05, 0) is 32.6 Å². The van der Waals surface area contributed by atoms with Gasteiger partial charge in [0, 0.05) is 22.9 Å². The third-order valence-corrected chi connectivity index (χ3v) is 3.47. The van der Waals surface area contributed by atoms with E-state index in [0.29, 0.717) is 12.3 Å².